The summed E-state index contributed by atoms with van der Waals surface area (Å²) in [5.74, 6) is -0.0324. The number of ketones is 1. The molecule has 1 saturated heterocycles. The largest absolute Gasteiger partial charge is 0.376 e. The summed E-state index contributed by atoms with van der Waals surface area (Å²) < 4.78 is 10.7. The smallest absolute Gasteiger partial charge is 0.224 e. The van der Waals surface area contributed by atoms with Crippen LogP contribution in [0.1, 0.15) is 22.3 Å². The maximum atomic E-state index is 12.3. The zero-order chi connectivity index (χ0) is 13.2. The van der Waals surface area contributed by atoms with Crippen LogP contribution in [0.5, 0.6) is 0 Å². The van der Waals surface area contributed by atoms with Crippen LogP contribution < -0.4 is 5.32 Å². The number of amides is 1. The molecule has 2 heterocycles. The highest BCUT2D eigenvalue weighted by atomic mass is 16.6. The van der Waals surface area contributed by atoms with Crippen LogP contribution in [-0.2, 0) is 20.7 Å². The van der Waals surface area contributed by atoms with E-state index in [9.17, 15) is 9.59 Å². The summed E-state index contributed by atoms with van der Waals surface area (Å²) in [7, 11) is 0. The van der Waals surface area contributed by atoms with Gasteiger partial charge in [0.2, 0.25) is 5.91 Å². The molecule has 2 aliphatic rings. The van der Waals surface area contributed by atoms with Crippen molar-refractivity contribution >= 4 is 17.4 Å². The van der Waals surface area contributed by atoms with Crippen LogP contribution in [-0.4, -0.2) is 37.6 Å². The third kappa shape index (κ3) is 2.52. The topological polar surface area (TPSA) is 64.6 Å². The number of anilines is 1. The van der Waals surface area contributed by atoms with Gasteiger partial charge >= 0.3 is 0 Å². The van der Waals surface area contributed by atoms with Crippen molar-refractivity contribution < 1.29 is 19.1 Å². The van der Waals surface area contributed by atoms with E-state index in [1.54, 1.807) is 12.1 Å². The average molecular weight is 261 g/mol. The van der Waals surface area contributed by atoms with Crippen LogP contribution in [0.4, 0.5) is 5.69 Å². The summed E-state index contributed by atoms with van der Waals surface area (Å²) in [5, 5.41) is 2.80. The first kappa shape index (κ1) is 12.3. The molecule has 1 unspecified atom stereocenters. The predicted octanol–water partition coefficient (Wildman–Crippen LogP) is 1.17. The number of aryl methyl sites for hydroxylation is 1. The van der Waals surface area contributed by atoms with Gasteiger partial charge in [-0.05, 0) is 30.2 Å². The van der Waals surface area contributed by atoms with Crippen molar-refractivity contribution in [3.8, 4) is 0 Å². The maximum absolute atomic E-state index is 12.3. The summed E-state index contributed by atoms with van der Waals surface area (Å²) in [6, 6.07) is 5.35. The van der Waals surface area contributed by atoms with Crippen LogP contribution in [0.25, 0.3) is 0 Å². The lowest BCUT2D eigenvalue weighted by molar-refractivity contribution is -0.116. The molecule has 0 bridgehead atoms. The second kappa shape index (κ2) is 5.11. The van der Waals surface area contributed by atoms with E-state index in [1.165, 1.54) is 0 Å². The first-order chi connectivity index (χ1) is 9.24. The van der Waals surface area contributed by atoms with Crippen LogP contribution in [0, 0.1) is 0 Å². The highest BCUT2D eigenvalue weighted by Crippen LogP contribution is 2.24. The molecule has 0 spiro atoms. The van der Waals surface area contributed by atoms with E-state index >= 15 is 0 Å². The summed E-state index contributed by atoms with van der Waals surface area (Å²) in [5.41, 5.74) is 2.42. The van der Waals surface area contributed by atoms with E-state index in [0.717, 1.165) is 11.3 Å². The molecule has 0 aliphatic carbocycles. The number of carbonyl (C=O) groups is 2. The van der Waals surface area contributed by atoms with Gasteiger partial charge in [0.1, 0.15) is 6.10 Å². The highest BCUT2D eigenvalue weighted by Gasteiger charge is 2.25. The Hall–Kier alpha value is -1.72. The number of benzene rings is 1. The Labute approximate surface area is 110 Å². The van der Waals surface area contributed by atoms with E-state index in [-0.39, 0.29) is 11.7 Å². The van der Waals surface area contributed by atoms with Gasteiger partial charge in [-0.15, -0.1) is 0 Å². The van der Waals surface area contributed by atoms with E-state index in [0.29, 0.717) is 38.2 Å². The van der Waals surface area contributed by atoms with Gasteiger partial charge in [-0.2, -0.15) is 0 Å². The summed E-state index contributed by atoms with van der Waals surface area (Å²) in [6.07, 6.45) is 0.628. The zero-order valence-corrected chi connectivity index (χ0v) is 10.5. The first-order valence-corrected chi connectivity index (χ1v) is 6.40. The molecule has 5 heteroatoms. The Bertz CT molecular complexity index is 520. The molecule has 0 saturated carbocycles. The van der Waals surface area contributed by atoms with Crippen LogP contribution >= 0.6 is 0 Å². The minimum Gasteiger partial charge on any atom is -0.376 e. The van der Waals surface area contributed by atoms with Crippen molar-refractivity contribution in [3.05, 3.63) is 29.3 Å². The Kier molecular flexibility index (Phi) is 3.31. The molecule has 1 N–H and O–H groups in total. The molecule has 5 nitrogen and oxygen atoms in total. The maximum Gasteiger partial charge on any atom is 0.224 e. The highest BCUT2D eigenvalue weighted by molar-refractivity contribution is 6.01. The lowest BCUT2D eigenvalue weighted by Gasteiger charge is -2.23. The van der Waals surface area contributed by atoms with Gasteiger partial charge in [0.05, 0.1) is 19.8 Å². The third-order valence-corrected chi connectivity index (χ3v) is 3.39. The Balaban J connectivity index is 1.81. The van der Waals surface area contributed by atoms with Crippen molar-refractivity contribution in [2.24, 2.45) is 0 Å². The lowest BCUT2D eigenvalue weighted by atomic mass is 9.97. The van der Waals surface area contributed by atoms with Gasteiger partial charge < -0.3 is 14.8 Å². The number of fused-ring (bicyclic) bond motifs is 1. The van der Waals surface area contributed by atoms with Gasteiger partial charge in [-0.3, -0.25) is 9.59 Å². The van der Waals surface area contributed by atoms with Crippen molar-refractivity contribution in [3.63, 3.8) is 0 Å². The number of hydrogen-bond donors (Lipinski definition) is 1. The van der Waals surface area contributed by atoms with Gasteiger partial charge in [-0.1, -0.05) is 0 Å². The fourth-order valence-corrected chi connectivity index (χ4v) is 2.36. The molecule has 1 amide bonds. The Morgan fingerprint density at radius 3 is 2.95 bits per heavy atom. The predicted molar refractivity (Wildman–Crippen MR) is 68.3 cm³/mol. The second-order valence-corrected chi connectivity index (χ2v) is 4.72. The number of carbonyl (C=O) groups excluding carboxylic acids is 2. The van der Waals surface area contributed by atoms with Gasteiger partial charge in [0, 0.05) is 17.7 Å². The Morgan fingerprint density at radius 2 is 2.16 bits per heavy atom. The summed E-state index contributed by atoms with van der Waals surface area (Å²) in [6.45, 7) is 1.31. The number of nitrogens with one attached hydrogen (secondary N) is 1. The van der Waals surface area contributed by atoms with Crippen LogP contribution in [0.2, 0.25) is 0 Å². The van der Waals surface area contributed by atoms with Crippen LogP contribution in [0.15, 0.2) is 18.2 Å². The zero-order valence-electron chi connectivity index (χ0n) is 10.5. The minimum atomic E-state index is -0.509. The monoisotopic (exact) mass is 261 g/mol. The molecular formula is C14H15NO4. The van der Waals surface area contributed by atoms with Gasteiger partial charge in [0.25, 0.3) is 0 Å². The molecule has 0 radical (unpaired) electrons. The van der Waals surface area contributed by atoms with E-state index in [4.69, 9.17) is 9.47 Å². The molecule has 0 aromatic heterocycles. The molecule has 3 rings (SSSR count). The first-order valence-electron chi connectivity index (χ1n) is 6.40. The summed E-state index contributed by atoms with van der Waals surface area (Å²) in [4.78, 5) is 23.5. The third-order valence-electron chi connectivity index (χ3n) is 3.39. The van der Waals surface area contributed by atoms with Crippen LogP contribution in [0.3, 0.4) is 0 Å². The van der Waals surface area contributed by atoms with Gasteiger partial charge in [0.15, 0.2) is 5.78 Å². The SMILES string of the molecule is O=C1CCc2cc(C(=O)C3COCCO3)ccc2N1. The normalized spacial score (nSPS) is 22.5. The molecule has 1 aromatic rings. The number of ether oxygens (including phenoxy) is 2. The fourth-order valence-electron chi connectivity index (χ4n) is 2.36. The molecule has 100 valence electrons. The lowest BCUT2D eigenvalue weighted by Crippen LogP contribution is -2.35. The fraction of sp³-hybridized carbons (Fsp3) is 0.429. The van der Waals surface area contributed by atoms with Crippen molar-refractivity contribution in [1.82, 2.24) is 0 Å². The van der Waals surface area contributed by atoms with E-state index < -0.39 is 6.10 Å². The number of rotatable bonds is 2. The molecule has 1 aromatic carbocycles. The van der Waals surface area contributed by atoms with Crippen molar-refractivity contribution in [1.29, 1.82) is 0 Å². The summed E-state index contributed by atoms with van der Waals surface area (Å²) >= 11 is 0. The van der Waals surface area contributed by atoms with E-state index in [2.05, 4.69) is 5.32 Å². The average Bonchev–Trinajstić information content (AvgIpc) is 2.47. The van der Waals surface area contributed by atoms with E-state index in [1.807, 2.05) is 6.07 Å². The van der Waals surface area contributed by atoms with Crippen molar-refractivity contribution in [2.75, 3.05) is 25.1 Å². The minimum absolute atomic E-state index is 0.0237. The molecular weight excluding hydrogens is 246 g/mol. The molecule has 2 aliphatic heterocycles. The molecule has 19 heavy (non-hydrogen) atoms. The molecule has 1 fully saturated rings. The quantitative estimate of drug-likeness (QED) is 0.812. The molecule has 1 atom stereocenters. The Morgan fingerprint density at radius 1 is 1.26 bits per heavy atom. The second-order valence-electron chi connectivity index (χ2n) is 4.72. The standard InChI is InChI=1S/C14H15NO4/c16-13-4-2-9-7-10(1-3-11(9)15-13)14(17)12-8-18-5-6-19-12/h1,3,7,12H,2,4-6,8H2,(H,15,16). The van der Waals surface area contributed by atoms with Gasteiger partial charge in [-0.25, -0.2) is 0 Å². The van der Waals surface area contributed by atoms with Crippen molar-refractivity contribution in [2.45, 2.75) is 18.9 Å². The number of Topliss-reactive ketones (excluding diaryl/α,β-unsaturated/α-hetero) is 1. The number of hydrogen-bond acceptors (Lipinski definition) is 4.